The van der Waals surface area contributed by atoms with Crippen LogP contribution < -0.4 is 5.32 Å². The highest BCUT2D eigenvalue weighted by Gasteiger charge is 2.30. The molecule has 1 aliphatic rings. The van der Waals surface area contributed by atoms with E-state index >= 15 is 0 Å². The van der Waals surface area contributed by atoms with Gasteiger partial charge in [0.25, 0.3) is 0 Å². The molecule has 1 fully saturated rings. The van der Waals surface area contributed by atoms with Gasteiger partial charge in [-0.05, 0) is 6.42 Å². The predicted molar refractivity (Wildman–Crippen MR) is 59.6 cm³/mol. The minimum absolute atomic E-state index is 0.260. The molecule has 2 amide bonds. The number of likely N-dealkylation sites (tertiary alicyclic amines) is 1. The van der Waals surface area contributed by atoms with Gasteiger partial charge >= 0.3 is 12.0 Å². The highest BCUT2D eigenvalue weighted by atomic mass is 32.2. The van der Waals surface area contributed by atoms with Crippen molar-refractivity contribution in [3.05, 3.63) is 0 Å². The number of urea groups is 1. The Bertz CT molecular complexity index is 308. The van der Waals surface area contributed by atoms with Gasteiger partial charge in [0.2, 0.25) is 0 Å². The summed E-state index contributed by atoms with van der Waals surface area (Å²) in [7, 11) is -0.925. The van der Waals surface area contributed by atoms with Gasteiger partial charge in [0.15, 0.2) is 0 Å². The number of carboxylic acid groups (broad SMARTS) is 1. The molecule has 16 heavy (non-hydrogen) atoms. The summed E-state index contributed by atoms with van der Waals surface area (Å²) in [5.74, 6) is -0.891. The van der Waals surface area contributed by atoms with Crippen molar-refractivity contribution in [1.82, 2.24) is 10.2 Å². The fourth-order valence-electron chi connectivity index (χ4n) is 1.56. The molecule has 2 N–H and O–H groups in total. The van der Waals surface area contributed by atoms with Crippen molar-refractivity contribution < 1.29 is 18.9 Å². The van der Waals surface area contributed by atoms with Gasteiger partial charge in [0, 0.05) is 42.4 Å². The molecule has 0 radical (unpaired) electrons. The van der Waals surface area contributed by atoms with Crippen molar-refractivity contribution in [1.29, 1.82) is 0 Å². The number of hydrogen-bond acceptors (Lipinski definition) is 3. The van der Waals surface area contributed by atoms with E-state index in [1.807, 2.05) is 0 Å². The lowest BCUT2D eigenvalue weighted by molar-refractivity contribution is -0.141. The first-order chi connectivity index (χ1) is 7.50. The Morgan fingerprint density at radius 3 is 2.75 bits per heavy atom. The molecule has 0 aromatic rings. The summed E-state index contributed by atoms with van der Waals surface area (Å²) >= 11 is 0. The van der Waals surface area contributed by atoms with E-state index in [0.717, 1.165) is 0 Å². The van der Waals surface area contributed by atoms with Gasteiger partial charge in [0.05, 0.1) is 5.92 Å². The Kier molecular flexibility index (Phi) is 4.72. The highest BCUT2D eigenvalue weighted by molar-refractivity contribution is 7.84. The van der Waals surface area contributed by atoms with Crippen LogP contribution in [0.15, 0.2) is 0 Å². The van der Waals surface area contributed by atoms with E-state index in [9.17, 15) is 13.8 Å². The minimum atomic E-state index is -0.925. The van der Waals surface area contributed by atoms with Crippen LogP contribution in [-0.4, -0.2) is 57.9 Å². The molecule has 2 atom stereocenters. The lowest BCUT2D eigenvalue weighted by atomic mass is 10.1. The zero-order valence-corrected chi connectivity index (χ0v) is 9.96. The SMILES string of the molecule is CS(=O)CCNC(=O)N1CCC(C(=O)O)C1. The van der Waals surface area contributed by atoms with Crippen LogP contribution in [0.2, 0.25) is 0 Å². The average molecular weight is 248 g/mol. The van der Waals surface area contributed by atoms with Crippen LogP contribution in [0.3, 0.4) is 0 Å². The fourth-order valence-corrected chi connectivity index (χ4v) is 1.95. The van der Waals surface area contributed by atoms with Crippen molar-refractivity contribution >= 4 is 22.8 Å². The predicted octanol–water partition coefficient (Wildman–Crippen LogP) is -0.519. The lowest BCUT2D eigenvalue weighted by Gasteiger charge is -2.16. The summed E-state index contributed by atoms with van der Waals surface area (Å²) in [6, 6.07) is -0.269. The summed E-state index contributed by atoms with van der Waals surface area (Å²) in [4.78, 5) is 23.7. The van der Waals surface area contributed by atoms with Gasteiger partial charge in [0.1, 0.15) is 0 Å². The first-order valence-electron chi connectivity index (χ1n) is 5.06. The van der Waals surface area contributed by atoms with Crippen molar-refractivity contribution in [2.45, 2.75) is 6.42 Å². The molecule has 1 aliphatic heterocycles. The third kappa shape index (κ3) is 3.80. The molecular formula is C9H16N2O4S. The minimum Gasteiger partial charge on any atom is -0.481 e. The maximum Gasteiger partial charge on any atom is 0.317 e. The molecule has 0 aromatic carbocycles. The molecular weight excluding hydrogens is 232 g/mol. The van der Waals surface area contributed by atoms with Gasteiger partial charge in [-0.25, -0.2) is 4.79 Å². The topological polar surface area (TPSA) is 86.7 Å². The van der Waals surface area contributed by atoms with Crippen LogP contribution in [0.25, 0.3) is 0 Å². The zero-order valence-electron chi connectivity index (χ0n) is 9.14. The number of carbonyl (C=O) groups excluding carboxylic acids is 1. The average Bonchev–Trinajstić information content (AvgIpc) is 2.65. The molecule has 92 valence electrons. The zero-order chi connectivity index (χ0) is 12.1. The van der Waals surface area contributed by atoms with Gasteiger partial charge in [-0.3, -0.25) is 9.00 Å². The maximum atomic E-state index is 11.5. The molecule has 0 aliphatic carbocycles. The Balaban J connectivity index is 2.28. The van der Waals surface area contributed by atoms with E-state index in [1.165, 1.54) is 4.90 Å². The van der Waals surface area contributed by atoms with Crippen molar-refractivity contribution in [3.63, 3.8) is 0 Å². The Morgan fingerprint density at radius 2 is 2.25 bits per heavy atom. The van der Waals surface area contributed by atoms with Gasteiger partial charge in [-0.15, -0.1) is 0 Å². The fraction of sp³-hybridized carbons (Fsp3) is 0.778. The van der Waals surface area contributed by atoms with Crippen LogP contribution in [0, 0.1) is 5.92 Å². The second-order valence-corrected chi connectivity index (χ2v) is 5.33. The van der Waals surface area contributed by atoms with E-state index in [1.54, 1.807) is 6.26 Å². The highest BCUT2D eigenvalue weighted by Crippen LogP contribution is 2.15. The molecule has 1 heterocycles. The van der Waals surface area contributed by atoms with Crippen molar-refractivity contribution in [2.24, 2.45) is 5.92 Å². The molecule has 2 unspecified atom stereocenters. The Hall–Kier alpha value is -1.11. The number of carboxylic acids is 1. The summed E-state index contributed by atoms with van der Waals surface area (Å²) in [6.45, 7) is 1.09. The van der Waals surface area contributed by atoms with Crippen LogP contribution in [-0.2, 0) is 15.6 Å². The molecule has 6 nitrogen and oxygen atoms in total. The van der Waals surface area contributed by atoms with E-state index in [4.69, 9.17) is 5.11 Å². The van der Waals surface area contributed by atoms with Gasteiger partial charge < -0.3 is 15.3 Å². The number of rotatable bonds is 4. The third-order valence-corrected chi connectivity index (χ3v) is 3.27. The summed E-state index contributed by atoms with van der Waals surface area (Å²) in [5, 5.41) is 11.4. The van der Waals surface area contributed by atoms with E-state index in [-0.39, 0.29) is 12.6 Å². The molecule has 1 rings (SSSR count). The number of nitrogens with one attached hydrogen (secondary N) is 1. The molecule has 0 aromatic heterocycles. The Morgan fingerprint density at radius 1 is 1.56 bits per heavy atom. The van der Waals surface area contributed by atoms with Crippen LogP contribution in [0.1, 0.15) is 6.42 Å². The molecule has 1 saturated heterocycles. The summed E-state index contributed by atoms with van der Waals surface area (Å²) in [5.41, 5.74) is 0. The number of nitrogens with zero attached hydrogens (tertiary/aromatic N) is 1. The van der Waals surface area contributed by atoms with E-state index < -0.39 is 22.7 Å². The Labute approximate surface area is 96.5 Å². The summed E-state index contributed by atoms with van der Waals surface area (Å²) in [6.07, 6.45) is 2.07. The molecule has 0 saturated carbocycles. The second kappa shape index (κ2) is 5.83. The molecule has 0 bridgehead atoms. The third-order valence-electron chi connectivity index (χ3n) is 2.49. The quantitative estimate of drug-likeness (QED) is 0.701. The standard InChI is InChI=1S/C9H16N2O4S/c1-16(15)5-3-10-9(14)11-4-2-7(6-11)8(12)13/h7H,2-6H2,1H3,(H,10,14)(H,12,13). The number of amides is 2. The van der Waals surface area contributed by atoms with Gasteiger partial charge in [-0.1, -0.05) is 0 Å². The van der Waals surface area contributed by atoms with Crippen LogP contribution >= 0.6 is 0 Å². The second-order valence-electron chi connectivity index (χ2n) is 3.78. The largest absolute Gasteiger partial charge is 0.481 e. The van der Waals surface area contributed by atoms with Crippen LogP contribution in [0.4, 0.5) is 4.79 Å². The number of carbonyl (C=O) groups is 2. The van der Waals surface area contributed by atoms with E-state index in [2.05, 4.69) is 5.32 Å². The molecule has 0 spiro atoms. The van der Waals surface area contributed by atoms with Crippen molar-refractivity contribution in [3.8, 4) is 0 Å². The van der Waals surface area contributed by atoms with Crippen molar-refractivity contribution in [2.75, 3.05) is 31.6 Å². The van der Waals surface area contributed by atoms with Gasteiger partial charge in [-0.2, -0.15) is 0 Å². The number of hydrogen-bond donors (Lipinski definition) is 2. The molecule has 7 heteroatoms. The first kappa shape index (κ1) is 13.0. The normalized spacial score (nSPS) is 21.8. The van der Waals surface area contributed by atoms with E-state index in [0.29, 0.717) is 25.3 Å². The lowest BCUT2D eigenvalue weighted by Crippen LogP contribution is -2.40. The maximum absolute atomic E-state index is 11.5. The smallest absolute Gasteiger partial charge is 0.317 e. The summed E-state index contributed by atoms with van der Waals surface area (Å²) < 4.78 is 10.8. The number of aliphatic carboxylic acids is 1. The monoisotopic (exact) mass is 248 g/mol. The first-order valence-corrected chi connectivity index (χ1v) is 6.79. The van der Waals surface area contributed by atoms with Crippen LogP contribution in [0.5, 0.6) is 0 Å².